The van der Waals surface area contributed by atoms with E-state index in [0.717, 1.165) is 19.6 Å². The normalized spacial score (nSPS) is 14.2. The zero-order valence-corrected chi connectivity index (χ0v) is 18.4. The van der Waals surface area contributed by atoms with E-state index in [4.69, 9.17) is 19.8 Å². The molecule has 8 nitrogen and oxygen atoms in total. The molecule has 5 rings (SSSR count). The third kappa shape index (κ3) is 5.12. The van der Waals surface area contributed by atoms with Gasteiger partial charge in [0.05, 0.1) is 51.5 Å². The number of nitrogens with zero attached hydrogens (tertiary/aromatic N) is 3. The summed E-state index contributed by atoms with van der Waals surface area (Å²) in [6.45, 7) is 5.44. The molecule has 1 aliphatic heterocycles. The fourth-order valence-electron chi connectivity index (χ4n) is 4.12. The fourth-order valence-corrected chi connectivity index (χ4v) is 4.12. The summed E-state index contributed by atoms with van der Waals surface area (Å²) in [5.41, 5.74) is 3.84. The monoisotopic (exact) mass is 446 g/mol. The highest BCUT2D eigenvalue weighted by Crippen LogP contribution is 2.25. The van der Waals surface area contributed by atoms with Crippen LogP contribution in [0.1, 0.15) is 5.56 Å². The summed E-state index contributed by atoms with van der Waals surface area (Å²) in [4.78, 5) is 22.1. The van der Waals surface area contributed by atoms with Crippen molar-refractivity contribution in [2.45, 2.75) is 6.54 Å². The highest BCUT2D eigenvalue weighted by atomic mass is 16.4. The highest BCUT2D eigenvalue weighted by Gasteiger charge is 2.17. The highest BCUT2D eigenvalue weighted by molar-refractivity contribution is 6.26. The molecule has 1 aromatic heterocycles. The van der Waals surface area contributed by atoms with Crippen molar-refractivity contribution < 1.29 is 24.7 Å². The third-order valence-corrected chi connectivity index (χ3v) is 5.99. The molecular formula is C25H26N4O4. The maximum atomic E-state index is 9.04. The van der Waals surface area contributed by atoms with Crippen molar-refractivity contribution >= 4 is 39.3 Å². The minimum absolute atomic E-state index is 0.793. The van der Waals surface area contributed by atoms with Gasteiger partial charge >= 0.3 is 5.97 Å². The van der Waals surface area contributed by atoms with Gasteiger partial charge in [0.1, 0.15) is 0 Å². The van der Waals surface area contributed by atoms with Crippen LogP contribution < -0.4 is 14.9 Å². The number of carbonyl (C=O) groups excluding carboxylic acids is 1. The second kappa shape index (κ2) is 9.70. The van der Waals surface area contributed by atoms with Crippen LogP contribution in [-0.4, -0.2) is 60.1 Å². The molecule has 8 heteroatoms. The molecule has 0 aliphatic carbocycles. The van der Waals surface area contributed by atoms with Crippen LogP contribution in [0.4, 0.5) is 5.69 Å². The Bertz CT molecular complexity index is 1270. The topological polar surface area (TPSA) is 103 Å². The van der Waals surface area contributed by atoms with E-state index in [1.807, 2.05) is 6.20 Å². The van der Waals surface area contributed by atoms with Gasteiger partial charge in [-0.15, -0.1) is 0 Å². The fraction of sp³-hybridized carbons (Fsp3) is 0.240. The van der Waals surface area contributed by atoms with Crippen LogP contribution in [0, 0.1) is 0 Å². The third-order valence-electron chi connectivity index (χ3n) is 5.99. The molecule has 0 amide bonds. The van der Waals surface area contributed by atoms with E-state index in [-0.39, 0.29) is 0 Å². The Labute approximate surface area is 191 Å². The first-order chi connectivity index (χ1) is 15.9. The lowest BCUT2D eigenvalue weighted by Crippen LogP contribution is -3.12. The zero-order chi connectivity index (χ0) is 23.4. The minimum Gasteiger partial charge on any atom is -0.539 e. The first kappa shape index (κ1) is 22.3. The van der Waals surface area contributed by atoms with Crippen LogP contribution in [0.5, 0.6) is 0 Å². The van der Waals surface area contributed by atoms with Gasteiger partial charge in [-0.3, -0.25) is 4.68 Å². The van der Waals surface area contributed by atoms with Crippen molar-refractivity contribution in [3.05, 3.63) is 72.4 Å². The Morgan fingerprint density at radius 2 is 1.73 bits per heavy atom. The maximum absolute atomic E-state index is 9.04. The Morgan fingerprint density at radius 1 is 1.03 bits per heavy atom. The van der Waals surface area contributed by atoms with Crippen molar-refractivity contribution in [1.82, 2.24) is 9.78 Å². The van der Waals surface area contributed by atoms with Gasteiger partial charge in [-0.2, -0.15) is 5.10 Å². The number of aromatic nitrogens is 2. The molecule has 2 N–H and O–H groups in total. The number of fused-ring (bicyclic) bond motifs is 2. The number of rotatable bonds is 3. The predicted octanol–water partition coefficient (Wildman–Crippen LogP) is 0.393. The van der Waals surface area contributed by atoms with Gasteiger partial charge < -0.3 is 24.8 Å². The first-order valence-corrected chi connectivity index (χ1v) is 10.8. The summed E-state index contributed by atoms with van der Waals surface area (Å²) in [6.07, 6.45) is 1.98. The van der Waals surface area contributed by atoms with Crippen molar-refractivity contribution in [3.63, 3.8) is 0 Å². The summed E-state index contributed by atoms with van der Waals surface area (Å²) in [5.74, 6) is -4.01. The molecule has 2 heterocycles. The van der Waals surface area contributed by atoms with Crippen LogP contribution >= 0.6 is 0 Å². The van der Waals surface area contributed by atoms with Crippen LogP contribution in [0.25, 0.3) is 21.7 Å². The van der Waals surface area contributed by atoms with Gasteiger partial charge in [0.25, 0.3) is 0 Å². The number of aliphatic carboxylic acids is 2. The number of likely N-dealkylation sites (N-methyl/N-ethyl adjacent to an activating group) is 1. The number of carbonyl (C=O) groups is 2. The molecule has 0 radical (unpaired) electrons. The lowest BCUT2D eigenvalue weighted by molar-refractivity contribution is -0.880. The average Bonchev–Trinajstić information content (AvgIpc) is 3.22. The Balaban J connectivity index is 0.000000385. The SMILES string of the molecule is C[NH+]1CCN(c2ccc3cnn(Cc4cccc5ccccc45)c3c2)CC1.O=C([O-])C(=O)O. The van der Waals surface area contributed by atoms with Gasteiger partial charge in [-0.05, 0) is 34.5 Å². The van der Waals surface area contributed by atoms with E-state index in [1.54, 1.807) is 4.90 Å². The Hall–Kier alpha value is -3.91. The summed E-state index contributed by atoms with van der Waals surface area (Å²) < 4.78 is 2.14. The van der Waals surface area contributed by atoms with Crippen molar-refractivity contribution in [2.24, 2.45) is 0 Å². The molecule has 3 aromatic carbocycles. The number of anilines is 1. The van der Waals surface area contributed by atoms with Gasteiger partial charge in [0, 0.05) is 11.1 Å². The molecule has 1 aliphatic rings. The van der Waals surface area contributed by atoms with E-state index >= 15 is 0 Å². The molecule has 33 heavy (non-hydrogen) atoms. The molecule has 4 aromatic rings. The molecule has 0 bridgehead atoms. The van der Waals surface area contributed by atoms with Gasteiger partial charge in [0.15, 0.2) is 5.97 Å². The molecule has 1 fully saturated rings. The largest absolute Gasteiger partial charge is 0.539 e. The summed E-state index contributed by atoms with van der Waals surface area (Å²) in [6, 6.07) is 21.9. The Morgan fingerprint density at radius 3 is 2.45 bits per heavy atom. The number of benzene rings is 3. The number of carboxylic acid groups (broad SMARTS) is 2. The zero-order valence-electron chi connectivity index (χ0n) is 18.4. The van der Waals surface area contributed by atoms with Crippen LogP contribution in [0.2, 0.25) is 0 Å². The maximum Gasteiger partial charge on any atom is 0.351 e. The van der Waals surface area contributed by atoms with Crippen molar-refractivity contribution in [3.8, 4) is 0 Å². The van der Waals surface area contributed by atoms with E-state index in [9.17, 15) is 0 Å². The standard InChI is InChI=1S/C23H24N4.C2H2O4/c1-25-11-13-26(14-12-25)21-10-9-19-16-24-27(23(19)15-21)17-20-7-4-6-18-5-2-3-8-22(18)20;3-1(4)2(5)6/h2-10,15-16H,11-14,17H2,1H3;(H,3,4)(H,5,6). The second-order valence-electron chi connectivity index (χ2n) is 8.22. The summed E-state index contributed by atoms with van der Waals surface area (Å²) in [5, 5.41) is 24.8. The van der Waals surface area contributed by atoms with Crippen molar-refractivity contribution in [2.75, 3.05) is 38.1 Å². The quantitative estimate of drug-likeness (QED) is 0.442. The molecule has 170 valence electrons. The molecule has 0 atom stereocenters. The van der Waals surface area contributed by atoms with Crippen LogP contribution in [0.3, 0.4) is 0 Å². The van der Waals surface area contributed by atoms with E-state index < -0.39 is 11.9 Å². The Kier molecular flexibility index (Phi) is 6.55. The number of piperazine rings is 1. The number of nitrogens with one attached hydrogen (secondary N) is 1. The summed E-state index contributed by atoms with van der Waals surface area (Å²) >= 11 is 0. The van der Waals surface area contributed by atoms with Crippen LogP contribution in [-0.2, 0) is 16.1 Å². The van der Waals surface area contributed by atoms with Crippen LogP contribution in [0.15, 0.2) is 66.9 Å². The molecular weight excluding hydrogens is 420 g/mol. The van der Waals surface area contributed by atoms with Crippen molar-refractivity contribution in [1.29, 1.82) is 0 Å². The van der Waals surface area contributed by atoms with Gasteiger partial charge in [-0.1, -0.05) is 42.5 Å². The molecule has 0 unspecified atom stereocenters. The number of quaternary nitrogens is 1. The van der Waals surface area contributed by atoms with Gasteiger partial charge in [0.2, 0.25) is 0 Å². The number of hydrogen-bond acceptors (Lipinski definition) is 5. The summed E-state index contributed by atoms with van der Waals surface area (Å²) in [7, 11) is 2.28. The first-order valence-electron chi connectivity index (χ1n) is 10.8. The second-order valence-corrected chi connectivity index (χ2v) is 8.22. The van der Waals surface area contributed by atoms with E-state index in [2.05, 4.69) is 82.4 Å². The molecule has 1 saturated heterocycles. The van der Waals surface area contributed by atoms with E-state index in [0.29, 0.717) is 0 Å². The molecule has 0 spiro atoms. The number of hydrogen-bond donors (Lipinski definition) is 2. The average molecular weight is 447 g/mol. The smallest absolute Gasteiger partial charge is 0.351 e. The lowest BCUT2D eigenvalue weighted by atomic mass is 10.0. The minimum atomic E-state index is -2.07. The van der Waals surface area contributed by atoms with Gasteiger partial charge in [-0.25, -0.2) is 4.79 Å². The van der Waals surface area contributed by atoms with E-state index in [1.165, 1.54) is 46.0 Å². The lowest BCUT2D eigenvalue weighted by Gasteiger charge is -2.31. The number of carboxylic acids is 2. The predicted molar refractivity (Wildman–Crippen MR) is 124 cm³/mol. The molecule has 0 saturated carbocycles.